The summed E-state index contributed by atoms with van der Waals surface area (Å²) in [7, 11) is 0. The highest BCUT2D eigenvalue weighted by molar-refractivity contribution is 7.17. The van der Waals surface area contributed by atoms with Crippen LogP contribution in [0.15, 0.2) is 23.6 Å². The number of aryl methyl sites for hydroxylation is 1. The quantitative estimate of drug-likeness (QED) is 0.547. The Labute approximate surface area is 112 Å². The molecular weight excluding hydrogens is 287 g/mol. The monoisotopic (exact) mass is 292 g/mol. The predicted molar refractivity (Wildman–Crippen MR) is 71.2 cm³/mol. The van der Waals surface area contributed by atoms with Gasteiger partial charge in [-0.1, -0.05) is 46.4 Å². The summed E-state index contributed by atoms with van der Waals surface area (Å²) < 4.78 is -0.874. The van der Waals surface area contributed by atoms with Crippen LogP contribution in [0.4, 0.5) is 0 Å². The van der Waals surface area contributed by atoms with E-state index in [1.54, 1.807) is 5.38 Å². The van der Waals surface area contributed by atoms with E-state index in [0.717, 1.165) is 15.6 Å². The van der Waals surface area contributed by atoms with Crippen LogP contribution < -0.4 is 0 Å². The van der Waals surface area contributed by atoms with Crippen LogP contribution in [-0.4, -0.2) is 9.58 Å². The van der Waals surface area contributed by atoms with Gasteiger partial charge in [0.15, 0.2) is 0 Å². The van der Waals surface area contributed by atoms with Crippen molar-refractivity contribution in [2.75, 3.05) is 0 Å². The second kappa shape index (κ2) is 4.19. The Balaban J connectivity index is 2.62. The third-order valence-electron chi connectivity index (χ3n) is 2.23. The van der Waals surface area contributed by atoms with Crippen LogP contribution in [0.3, 0.4) is 0 Å². The first-order valence-corrected chi connectivity index (χ1v) is 6.50. The maximum absolute atomic E-state index is 11.9. The fourth-order valence-corrected chi connectivity index (χ4v) is 2.70. The maximum Gasteiger partial charge on any atom is 0.253 e. The van der Waals surface area contributed by atoms with Crippen LogP contribution in [0.25, 0.3) is 10.1 Å². The van der Waals surface area contributed by atoms with Crippen molar-refractivity contribution in [1.29, 1.82) is 0 Å². The average molecular weight is 294 g/mol. The van der Waals surface area contributed by atoms with Crippen LogP contribution in [0.1, 0.15) is 15.9 Å². The number of ketones is 1. The molecule has 0 spiro atoms. The molecule has 84 valence electrons. The first kappa shape index (κ1) is 12.2. The second-order valence-electron chi connectivity index (χ2n) is 3.48. The van der Waals surface area contributed by atoms with Crippen LogP contribution in [0.5, 0.6) is 0 Å². The third kappa shape index (κ3) is 2.21. The van der Waals surface area contributed by atoms with Crippen molar-refractivity contribution in [3.05, 3.63) is 34.7 Å². The number of thiophene rings is 1. The number of carbonyl (C=O) groups is 1. The SMILES string of the molecule is Cc1ccc2scc(C(=O)C(Cl)(Cl)Cl)c2c1. The third-order valence-corrected chi connectivity index (χ3v) is 3.71. The zero-order valence-corrected chi connectivity index (χ0v) is 11.3. The van der Waals surface area contributed by atoms with Crippen molar-refractivity contribution >= 4 is 62.0 Å². The van der Waals surface area contributed by atoms with Gasteiger partial charge in [0.1, 0.15) is 0 Å². The van der Waals surface area contributed by atoms with Crippen LogP contribution >= 0.6 is 46.1 Å². The first-order chi connectivity index (χ1) is 7.39. The van der Waals surface area contributed by atoms with E-state index in [-0.39, 0.29) is 0 Å². The molecule has 2 aromatic rings. The Morgan fingerprint density at radius 2 is 2.00 bits per heavy atom. The highest BCUT2D eigenvalue weighted by Gasteiger charge is 2.33. The smallest absolute Gasteiger partial charge is 0.253 e. The largest absolute Gasteiger partial charge is 0.289 e. The fraction of sp³-hybridized carbons (Fsp3) is 0.182. The standard InChI is InChI=1S/C11H7Cl3OS/c1-6-2-3-9-7(4-6)8(5-16-9)10(15)11(12,13)14/h2-5H,1H3. The molecule has 0 radical (unpaired) electrons. The summed E-state index contributed by atoms with van der Waals surface area (Å²) in [6.45, 7) is 1.96. The molecule has 1 nitrogen and oxygen atoms in total. The van der Waals surface area contributed by atoms with Gasteiger partial charge in [0.25, 0.3) is 3.79 Å². The zero-order valence-electron chi connectivity index (χ0n) is 8.26. The lowest BCUT2D eigenvalue weighted by atomic mass is 10.1. The Kier molecular flexibility index (Phi) is 3.19. The van der Waals surface area contributed by atoms with Crippen molar-refractivity contribution in [3.63, 3.8) is 0 Å². The van der Waals surface area contributed by atoms with Crippen LogP contribution in [0.2, 0.25) is 0 Å². The molecule has 0 saturated carbocycles. The van der Waals surface area contributed by atoms with E-state index in [0.29, 0.717) is 5.56 Å². The van der Waals surface area contributed by atoms with Gasteiger partial charge in [-0.25, -0.2) is 0 Å². The van der Waals surface area contributed by atoms with Gasteiger partial charge in [-0.3, -0.25) is 4.79 Å². The predicted octanol–water partition coefficient (Wildman–Crippen LogP) is 4.76. The molecule has 0 N–H and O–H groups in total. The van der Waals surface area contributed by atoms with E-state index in [2.05, 4.69) is 0 Å². The van der Waals surface area contributed by atoms with Gasteiger partial charge in [0.2, 0.25) is 5.78 Å². The lowest BCUT2D eigenvalue weighted by Crippen LogP contribution is -2.18. The molecule has 1 aromatic heterocycles. The number of halogens is 3. The lowest BCUT2D eigenvalue weighted by Gasteiger charge is -2.08. The molecule has 16 heavy (non-hydrogen) atoms. The van der Waals surface area contributed by atoms with E-state index in [1.165, 1.54) is 11.3 Å². The minimum Gasteiger partial charge on any atom is -0.289 e. The van der Waals surface area contributed by atoms with Gasteiger partial charge >= 0.3 is 0 Å². The number of fused-ring (bicyclic) bond motifs is 1. The number of benzene rings is 1. The van der Waals surface area contributed by atoms with Gasteiger partial charge < -0.3 is 0 Å². The number of hydrogen-bond donors (Lipinski definition) is 0. The minimum absolute atomic E-state index is 0.476. The molecule has 0 unspecified atom stereocenters. The lowest BCUT2D eigenvalue weighted by molar-refractivity contribution is 0.0998. The second-order valence-corrected chi connectivity index (χ2v) is 6.67. The Hall–Kier alpha value is -0.280. The number of carbonyl (C=O) groups excluding carboxylic acids is 1. The summed E-state index contributed by atoms with van der Waals surface area (Å²) in [6, 6.07) is 5.88. The van der Waals surface area contributed by atoms with Crippen molar-refractivity contribution < 1.29 is 4.79 Å². The summed E-state index contributed by atoms with van der Waals surface area (Å²) in [4.78, 5) is 11.9. The van der Waals surface area contributed by atoms with Gasteiger partial charge in [-0.05, 0) is 19.1 Å². The molecular formula is C11H7Cl3OS. The molecule has 0 amide bonds. The molecule has 0 bridgehead atoms. The normalized spacial score (nSPS) is 12.0. The summed E-state index contributed by atoms with van der Waals surface area (Å²) in [5, 5.41) is 2.58. The number of alkyl halides is 3. The molecule has 2 rings (SSSR count). The van der Waals surface area contributed by atoms with Gasteiger partial charge in [0.05, 0.1) is 0 Å². The topological polar surface area (TPSA) is 17.1 Å². The van der Waals surface area contributed by atoms with Crippen molar-refractivity contribution in [2.24, 2.45) is 0 Å². The summed E-state index contributed by atoms with van der Waals surface area (Å²) in [5.41, 5.74) is 1.55. The van der Waals surface area contributed by atoms with Crippen LogP contribution in [-0.2, 0) is 0 Å². The molecule has 0 fully saturated rings. The van der Waals surface area contributed by atoms with Crippen molar-refractivity contribution in [3.8, 4) is 0 Å². The van der Waals surface area contributed by atoms with Gasteiger partial charge in [-0.15, -0.1) is 11.3 Å². The fourth-order valence-electron chi connectivity index (χ4n) is 1.47. The number of hydrogen-bond acceptors (Lipinski definition) is 2. The Bertz CT molecular complexity index is 554. The maximum atomic E-state index is 11.9. The molecule has 0 aliphatic heterocycles. The summed E-state index contributed by atoms with van der Waals surface area (Å²) in [6.07, 6.45) is 0. The van der Waals surface area contributed by atoms with E-state index in [4.69, 9.17) is 34.8 Å². The highest BCUT2D eigenvalue weighted by atomic mass is 35.6. The molecule has 0 saturated heterocycles. The molecule has 1 heterocycles. The Morgan fingerprint density at radius 3 is 2.62 bits per heavy atom. The highest BCUT2D eigenvalue weighted by Crippen LogP contribution is 2.35. The first-order valence-electron chi connectivity index (χ1n) is 4.49. The van der Waals surface area contributed by atoms with Crippen molar-refractivity contribution in [1.82, 2.24) is 0 Å². The van der Waals surface area contributed by atoms with Crippen molar-refractivity contribution in [2.45, 2.75) is 10.7 Å². The Morgan fingerprint density at radius 1 is 1.31 bits per heavy atom. The van der Waals surface area contributed by atoms with E-state index < -0.39 is 9.58 Å². The number of Topliss-reactive ketones (excluding diaryl/α,β-unsaturated/α-hetero) is 1. The average Bonchev–Trinajstić information content (AvgIpc) is 2.57. The summed E-state index contributed by atoms with van der Waals surface area (Å²) in [5.74, 6) is -0.477. The minimum atomic E-state index is -1.89. The zero-order chi connectivity index (χ0) is 11.9. The van der Waals surface area contributed by atoms with Crippen LogP contribution in [0, 0.1) is 6.92 Å². The van der Waals surface area contributed by atoms with Gasteiger partial charge in [0, 0.05) is 21.0 Å². The number of rotatable bonds is 1. The molecule has 1 aromatic carbocycles. The van der Waals surface area contributed by atoms with Gasteiger partial charge in [-0.2, -0.15) is 0 Å². The van der Waals surface area contributed by atoms with E-state index in [9.17, 15) is 4.79 Å². The molecule has 0 aliphatic carbocycles. The molecule has 0 aliphatic rings. The van der Waals surface area contributed by atoms with E-state index >= 15 is 0 Å². The van der Waals surface area contributed by atoms with E-state index in [1.807, 2.05) is 25.1 Å². The molecule has 0 atom stereocenters. The molecule has 5 heteroatoms. The summed E-state index contributed by atoms with van der Waals surface area (Å²) >= 11 is 18.3.